The zero-order valence-electron chi connectivity index (χ0n) is 14.7. The van der Waals surface area contributed by atoms with Crippen LogP contribution in [0, 0.1) is 17.8 Å². The minimum Gasteiger partial charge on any atom is -0.350 e. The van der Waals surface area contributed by atoms with Gasteiger partial charge in [-0.25, -0.2) is 0 Å². The summed E-state index contributed by atoms with van der Waals surface area (Å²) in [7, 11) is 0. The van der Waals surface area contributed by atoms with E-state index < -0.39 is 0 Å². The van der Waals surface area contributed by atoms with Crippen molar-refractivity contribution in [3.63, 3.8) is 0 Å². The van der Waals surface area contributed by atoms with Crippen molar-refractivity contribution in [2.75, 3.05) is 13.1 Å². The molecule has 3 rings (SSSR count). The molecule has 1 aliphatic heterocycles. The molecule has 7 heteroatoms. The summed E-state index contributed by atoms with van der Waals surface area (Å²) in [6.45, 7) is 0.261. The van der Waals surface area contributed by atoms with Crippen molar-refractivity contribution in [2.24, 2.45) is 23.5 Å². The molecular formula is C18H30ClN3O3. The third-order valence-corrected chi connectivity index (χ3v) is 6.05. The lowest BCUT2D eigenvalue weighted by atomic mass is 9.81. The largest absolute Gasteiger partial charge is 0.350 e. The van der Waals surface area contributed by atoms with E-state index >= 15 is 0 Å². The summed E-state index contributed by atoms with van der Waals surface area (Å²) in [4.78, 5) is 38.5. The van der Waals surface area contributed by atoms with Gasteiger partial charge in [0.05, 0.1) is 11.8 Å². The fourth-order valence-electron chi connectivity index (χ4n) is 4.69. The molecule has 2 aliphatic carbocycles. The molecule has 3 amide bonds. The van der Waals surface area contributed by atoms with Crippen LogP contribution in [0.1, 0.15) is 57.8 Å². The number of nitrogens with zero attached hydrogens (tertiary/aromatic N) is 1. The van der Waals surface area contributed by atoms with Crippen LogP contribution in [0.5, 0.6) is 0 Å². The van der Waals surface area contributed by atoms with Crippen LogP contribution in [-0.4, -0.2) is 41.8 Å². The van der Waals surface area contributed by atoms with Crippen molar-refractivity contribution < 1.29 is 14.4 Å². The van der Waals surface area contributed by atoms with Gasteiger partial charge in [0.1, 0.15) is 6.54 Å². The Bertz CT molecular complexity index is 484. The summed E-state index contributed by atoms with van der Waals surface area (Å²) in [6, 6.07) is -0.0483. The number of likely N-dealkylation sites (tertiary alicyclic amines) is 1. The highest BCUT2D eigenvalue weighted by Gasteiger charge is 2.48. The SMILES string of the molecule is Cl.NCC(NC(=O)CN1C(=O)C2CCCCC2C1=O)C1CCCCC1. The fraction of sp³-hybridized carbons (Fsp3) is 0.833. The van der Waals surface area contributed by atoms with Gasteiger partial charge in [-0.2, -0.15) is 0 Å². The highest BCUT2D eigenvalue weighted by Crippen LogP contribution is 2.37. The van der Waals surface area contributed by atoms with E-state index in [-0.39, 0.29) is 54.6 Å². The first-order valence-electron chi connectivity index (χ1n) is 9.46. The van der Waals surface area contributed by atoms with Crippen LogP contribution in [0.2, 0.25) is 0 Å². The highest BCUT2D eigenvalue weighted by atomic mass is 35.5. The van der Waals surface area contributed by atoms with Crippen molar-refractivity contribution in [1.29, 1.82) is 0 Å². The second-order valence-corrected chi connectivity index (χ2v) is 7.57. The third kappa shape index (κ3) is 4.34. The van der Waals surface area contributed by atoms with E-state index in [9.17, 15) is 14.4 Å². The Morgan fingerprint density at radius 2 is 1.52 bits per heavy atom. The van der Waals surface area contributed by atoms with Crippen LogP contribution in [0.25, 0.3) is 0 Å². The lowest BCUT2D eigenvalue weighted by Crippen LogP contribution is -2.50. The maximum Gasteiger partial charge on any atom is 0.240 e. The van der Waals surface area contributed by atoms with Crippen LogP contribution in [0.4, 0.5) is 0 Å². The van der Waals surface area contributed by atoms with Gasteiger partial charge < -0.3 is 11.1 Å². The quantitative estimate of drug-likeness (QED) is 0.718. The molecule has 0 radical (unpaired) electrons. The molecule has 2 saturated carbocycles. The molecule has 3 atom stereocenters. The van der Waals surface area contributed by atoms with Gasteiger partial charge in [-0.3, -0.25) is 19.3 Å². The van der Waals surface area contributed by atoms with Crippen LogP contribution in [0.3, 0.4) is 0 Å². The standard InChI is InChI=1S/C18H29N3O3.ClH/c19-10-15(12-6-2-1-3-7-12)20-16(22)11-21-17(23)13-8-4-5-9-14(13)18(21)24;/h12-15H,1-11,19H2,(H,20,22);1H. The van der Waals surface area contributed by atoms with Gasteiger partial charge in [-0.15, -0.1) is 12.4 Å². The maximum atomic E-state index is 12.4. The zero-order valence-corrected chi connectivity index (χ0v) is 15.6. The Kier molecular flexibility index (Phi) is 7.25. The Labute approximate surface area is 155 Å². The summed E-state index contributed by atoms with van der Waals surface area (Å²) in [5.41, 5.74) is 5.85. The molecule has 0 aromatic carbocycles. The number of nitrogens with two attached hydrogens (primary N) is 1. The number of amides is 3. The van der Waals surface area contributed by atoms with Crippen molar-refractivity contribution in [1.82, 2.24) is 10.2 Å². The van der Waals surface area contributed by atoms with Crippen molar-refractivity contribution in [3.05, 3.63) is 0 Å². The number of fused-ring (bicyclic) bond motifs is 1. The number of hydrogen-bond donors (Lipinski definition) is 2. The molecule has 6 nitrogen and oxygen atoms in total. The van der Waals surface area contributed by atoms with Gasteiger partial charge in [-0.05, 0) is 31.6 Å². The number of carbonyl (C=O) groups excluding carboxylic acids is 3. The van der Waals surface area contributed by atoms with Crippen LogP contribution >= 0.6 is 12.4 Å². The molecule has 0 bridgehead atoms. The summed E-state index contributed by atoms with van der Waals surface area (Å²) in [6.07, 6.45) is 9.35. The molecule has 3 unspecified atom stereocenters. The first-order chi connectivity index (χ1) is 11.6. The average molecular weight is 372 g/mol. The number of hydrogen-bond acceptors (Lipinski definition) is 4. The molecule has 3 fully saturated rings. The van der Waals surface area contributed by atoms with Crippen molar-refractivity contribution in [3.8, 4) is 0 Å². The van der Waals surface area contributed by atoms with Gasteiger partial charge in [0, 0.05) is 12.6 Å². The summed E-state index contributed by atoms with van der Waals surface area (Å²) < 4.78 is 0. The lowest BCUT2D eigenvalue weighted by molar-refractivity contribution is -0.143. The van der Waals surface area contributed by atoms with Crippen LogP contribution in [0.15, 0.2) is 0 Å². The second-order valence-electron chi connectivity index (χ2n) is 7.57. The van der Waals surface area contributed by atoms with E-state index in [1.807, 2.05) is 0 Å². The Morgan fingerprint density at radius 1 is 1.00 bits per heavy atom. The molecule has 142 valence electrons. The third-order valence-electron chi connectivity index (χ3n) is 6.05. The van der Waals surface area contributed by atoms with E-state index in [0.29, 0.717) is 12.5 Å². The second kappa shape index (κ2) is 8.99. The zero-order chi connectivity index (χ0) is 17.1. The molecule has 0 aromatic rings. The summed E-state index contributed by atoms with van der Waals surface area (Å²) >= 11 is 0. The molecule has 0 spiro atoms. The number of rotatable bonds is 5. The van der Waals surface area contributed by atoms with Crippen molar-refractivity contribution >= 4 is 30.1 Å². The predicted octanol–water partition coefficient (Wildman–Crippen LogP) is 1.61. The smallest absolute Gasteiger partial charge is 0.240 e. The van der Waals surface area contributed by atoms with Gasteiger partial charge in [0.2, 0.25) is 17.7 Å². The molecule has 3 N–H and O–H groups in total. The molecule has 3 aliphatic rings. The normalized spacial score (nSPS) is 28.3. The average Bonchev–Trinajstić information content (AvgIpc) is 2.86. The van der Waals surface area contributed by atoms with Gasteiger partial charge in [-0.1, -0.05) is 32.1 Å². The molecule has 0 aromatic heterocycles. The van der Waals surface area contributed by atoms with E-state index in [0.717, 1.165) is 38.5 Å². The first kappa shape index (κ1) is 20.2. The monoisotopic (exact) mass is 371 g/mol. The predicted molar refractivity (Wildman–Crippen MR) is 97.0 cm³/mol. The Morgan fingerprint density at radius 3 is 2.04 bits per heavy atom. The number of halogens is 1. The van der Waals surface area contributed by atoms with Crippen LogP contribution in [-0.2, 0) is 14.4 Å². The van der Waals surface area contributed by atoms with E-state index in [4.69, 9.17) is 5.73 Å². The van der Waals surface area contributed by atoms with E-state index in [1.165, 1.54) is 24.2 Å². The summed E-state index contributed by atoms with van der Waals surface area (Å²) in [5.74, 6) is -0.523. The highest BCUT2D eigenvalue weighted by molar-refractivity contribution is 6.07. The van der Waals surface area contributed by atoms with Crippen molar-refractivity contribution in [2.45, 2.75) is 63.8 Å². The minimum absolute atomic E-state index is 0. The van der Waals surface area contributed by atoms with E-state index in [2.05, 4.69) is 5.32 Å². The summed E-state index contributed by atoms with van der Waals surface area (Å²) in [5, 5.41) is 2.98. The fourth-order valence-corrected chi connectivity index (χ4v) is 4.69. The lowest BCUT2D eigenvalue weighted by Gasteiger charge is -2.30. The molecule has 1 heterocycles. The molecule has 1 saturated heterocycles. The van der Waals surface area contributed by atoms with E-state index in [1.54, 1.807) is 0 Å². The van der Waals surface area contributed by atoms with Gasteiger partial charge in [0.25, 0.3) is 0 Å². The van der Waals surface area contributed by atoms with Gasteiger partial charge >= 0.3 is 0 Å². The van der Waals surface area contributed by atoms with Crippen LogP contribution < -0.4 is 11.1 Å². The Balaban J connectivity index is 0.00000225. The Hall–Kier alpha value is -1.14. The number of nitrogens with one attached hydrogen (secondary N) is 1. The molecule has 25 heavy (non-hydrogen) atoms. The topological polar surface area (TPSA) is 92.5 Å². The van der Waals surface area contributed by atoms with Gasteiger partial charge in [0.15, 0.2) is 0 Å². The molecular weight excluding hydrogens is 342 g/mol. The maximum absolute atomic E-state index is 12.4. The number of imide groups is 1. The minimum atomic E-state index is -0.253. The number of carbonyl (C=O) groups is 3. The first-order valence-corrected chi connectivity index (χ1v) is 9.46.